The number of sulfonamides is 1. The highest BCUT2D eigenvalue weighted by molar-refractivity contribution is 7.91. The third-order valence-electron chi connectivity index (χ3n) is 3.19. The van der Waals surface area contributed by atoms with Crippen molar-refractivity contribution in [1.82, 2.24) is 4.72 Å². The van der Waals surface area contributed by atoms with Crippen LogP contribution >= 0.6 is 11.3 Å². The normalized spacial score (nSPS) is 11.7. The molecule has 1 aromatic heterocycles. The molecule has 0 aliphatic rings. The van der Waals surface area contributed by atoms with Crippen molar-refractivity contribution >= 4 is 27.0 Å². The summed E-state index contributed by atoms with van der Waals surface area (Å²) in [6, 6.07) is 9.01. The second-order valence-electron chi connectivity index (χ2n) is 4.53. The molecule has 0 aliphatic heterocycles. The highest BCUT2D eigenvalue weighted by Crippen LogP contribution is 2.22. The zero-order chi connectivity index (χ0) is 14.8. The van der Waals surface area contributed by atoms with Gasteiger partial charge < -0.3 is 5.73 Å². The zero-order valence-corrected chi connectivity index (χ0v) is 13.1. The predicted octanol–water partition coefficient (Wildman–Crippen LogP) is 2.68. The molecule has 2 rings (SSSR count). The number of hydrogen-bond donors (Lipinski definition) is 2. The molecule has 1 aromatic carbocycles. The summed E-state index contributed by atoms with van der Waals surface area (Å²) in [4.78, 5) is 1.06. The maximum Gasteiger partial charge on any atom is 0.250 e. The van der Waals surface area contributed by atoms with Crippen LogP contribution in [0.4, 0.5) is 5.69 Å². The van der Waals surface area contributed by atoms with Gasteiger partial charge in [0.2, 0.25) is 10.0 Å². The number of nitrogen functional groups attached to an aromatic ring is 1. The van der Waals surface area contributed by atoms with Crippen LogP contribution in [0, 0.1) is 6.92 Å². The molecule has 0 saturated heterocycles. The van der Waals surface area contributed by atoms with Crippen molar-refractivity contribution in [3.05, 3.63) is 46.3 Å². The van der Waals surface area contributed by atoms with E-state index in [4.69, 9.17) is 5.73 Å². The van der Waals surface area contributed by atoms with E-state index < -0.39 is 10.0 Å². The summed E-state index contributed by atoms with van der Waals surface area (Å²) in [6.45, 7) is 4.14. The Morgan fingerprint density at radius 3 is 2.65 bits per heavy atom. The van der Waals surface area contributed by atoms with Crippen LogP contribution in [-0.2, 0) is 23.0 Å². The summed E-state index contributed by atoms with van der Waals surface area (Å²) in [5.41, 5.74) is 8.29. The Kier molecular flexibility index (Phi) is 4.47. The van der Waals surface area contributed by atoms with E-state index in [-0.39, 0.29) is 6.54 Å². The average molecular weight is 310 g/mol. The van der Waals surface area contributed by atoms with Gasteiger partial charge in [-0.05, 0) is 42.7 Å². The van der Waals surface area contributed by atoms with Gasteiger partial charge in [-0.3, -0.25) is 0 Å². The van der Waals surface area contributed by atoms with Crippen molar-refractivity contribution in [3.63, 3.8) is 0 Å². The Hall–Kier alpha value is -1.37. The van der Waals surface area contributed by atoms with Gasteiger partial charge in [-0.25, -0.2) is 13.1 Å². The van der Waals surface area contributed by atoms with E-state index in [0.717, 1.165) is 22.4 Å². The van der Waals surface area contributed by atoms with Crippen LogP contribution in [-0.4, -0.2) is 8.42 Å². The van der Waals surface area contributed by atoms with E-state index in [2.05, 4.69) is 4.72 Å². The number of nitrogens with two attached hydrogens (primary N) is 1. The van der Waals surface area contributed by atoms with E-state index in [1.54, 1.807) is 12.1 Å². The highest BCUT2D eigenvalue weighted by atomic mass is 32.2. The van der Waals surface area contributed by atoms with E-state index >= 15 is 0 Å². The van der Waals surface area contributed by atoms with Gasteiger partial charge in [0.15, 0.2) is 0 Å². The molecule has 0 atom stereocenters. The van der Waals surface area contributed by atoms with E-state index in [1.807, 2.05) is 32.0 Å². The second-order valence-corrected chi connectivity index (χ2v) is 7.69. The Balaban J connectivity index is 2.15. The number of anilines is 1. The first-order valence-electron chi connectivity index (χ1n) is 6.36. The standard InChI is InChI=1S/C14H18N2O2S2/c1-3-12-7-8-14(19-12)20(17,18)16-9-11-5-4-6-13(15)10(11)2/h4-8,16H,3,9,15H2,1-2H3. The number of thiophene rings is 1. The average Bonchev–Trinajstić information content (AvgIpc) is 2.90. The lowest BCUT2D eigenvalue weighted by Crippen LogP contribution is -2.22. The molecular weight excluding hydrogens is 292 g/mol. The molecule has 0 fully saturated rings. The van der Waals surface area contributed by atoms with Crippen LogP contribution in [0.3, 0.4) is 0 Å². The monoisotopic (exact) mass is 310 g/mol. The topological polar surface area (TPSA) is 72.2 Å². The van der Waals surface area contributed by atoms with Gasteiger partial charge in [-0.1, -0.05) is 19.1 Å². The van der Waals surface area contributed by atoms with E-state index in [1.165, 1.54) is 11.3 Å². The fourth-order valence-corrected chi connectivity index (χ4v) is 4.18. The molecule has 108 valence electrons. The lowest BCUT2D eigenvalue weighted by Gasteiger charge is -2.09. The number of hydrogen-bond acceptors (Lipinski definition) is 4. The maximum atomic E-state index is 12.2. The van der Waals surface area contributed by atoms with Crippen LogP contribution in [0.2, 0.25) is 0 Å². The van der Waals surface area contributed by atoms with Crippen LogP contribution in [0.15, 0.2) is 34.5 Å². The number of aryl methyl sites for hydroxylation is 1. The molecule has 0 amide bonds. The highest BCUT2D eigenvalue weighted by Gasteiger charge is 2.16. The van der Waals surface area contributed by atoms with Gasteiger partial charge >= 0.3 is 0 Å². The molecular formula is C14H18N2O2S2. The van der Waals surface area contributed by atoms with Gasteiger partial charge in [0.25, 0.3) is 0 Å². The summed E-state index contributed by atoms with van der Waals surface area (Å²) in [6.07, 6.45) is 0.842. The van der Waals surface area contributed by atoms with Crippen molar-refractivity contribution in [3.8, 4) is 0 Å². The molecule has 4 nitrogen and oxygen atoms in total. The maximum absolute atomic E-state index is 12.2. The Morgan fingerprint density at radius 1 is 1.25 bits per heavy atom. The van der Waals surface area contributed by atoms with Crippen molar-refractivity contribution in [1.29, 1.82) is 0 Å². The summed E-state index contributed by atoms with van der Waals surface area (Å²) in [7, 11) is -3.45. The van der Waals surface area contributed by atoms with Crippen LogP contribution in [0.1, 0.15) is 22.9 Å². The Morgan fingerprint density at radius 2 is 2.00 bits per heavy atom. The first kappa shape index (κ1) is 15.0. The number of benzene rings is 1. The fourth-order valence-electron chi connectivity index (χ4n) is 1.83. The first-order chi connectivity index (χ1) is 9.44. The van der Waals surface area contributed by atoms with Gasteiger partial charge in [0, 0.05) is 17.1 Å². The van der Waals surface area contributed by atoms with Crippen molar-refractivity contribution in [2.45, 2.75) is 31.0 Å². The molecule has 1 heterocycles. The third-order valence-corrected chi connectivity index (χ3v) is 6.31. The summed E-state index contributed by atoms with van der Waals surface area (Å²) >= 11 is 1.31. The van der Waals surface area contributed by atoms with Crippen molar-refractivity contribution in [2.24, 2.45) is 0 Å². The molecule has 0 spiro atoms. The van der Waals surface area contributed by atoms with Crippen LogP contribution in [0.25, 0.3) is 0 Å². The minimum atomic E-state index is -3.45. The lowest BCUT2D eigenvalue weighted by molar-refractivity contribution is 0.583. The van der Waals surface area contributed by atoms with Gasteiger partial charge in [-0.2, -0.15) is 0 Å². The summed E-state index contributed by atoms with van der Waals surface area (Å²) in [5.74, 6) is 0. The predicted molar refractivity (Wildman–Crippen MR) is 83.3 cm³/mol. The minimum Gasteiger partial charge on any atom is -0.399 e. The largest absolute Gasteiger partial charge is 0.399 e. The number of nitrogens with one attached hydrogen (secondary N) is 1. The van der Waals surface area contributed by atoms with Gasteiger partial charge in [0.1, 0.15) is 4.21 Å². The minimum absolute atomic E-state index is 0.249. The molecule has 6 heteroatoms. The Bertz CT molecular complexity index is 706. The quantitative estimate of drug-likeness (QED) is 0.834. The fraction of sp³-hybridized carbons (Fsp3) is 0.286. The molecule has 0 aliphatic carbocycles. The van der Waals surface area contributed by atoms with Crippen LogP contribution in [0.5, 0.6) is 0 Å². The second kappa shape index (κ2) is 5.95. The molecule has 3 N–H and O–H groups in total. The molecule has 0 unspecified atom stereocenters. The van der Waals surface area contributed by atoms with E-state index in [0.29, 0.717) is 9.90 Å². The van der Waals surface area contributed by atoms with E-state index in [9.17, 15) is 8.42 Å². The van der Waals surface area contributed by atoms with Gasteiger partial charge in [-0.15, -0.1) is 11.3 Å². The zero-order valence-electron chi connectivity index (χ0n) is 11.5. The number of rotatable bonds is 5. The molecule has 20 heavy (non-hydrogen) atoms. The molecule has 0 saturated carbocycles. The van der Waals surface area contributed by atoms with Crippen molar-refractivity contribution in [2.75, 3.05) is 5.73 Å². The van der Waals surface area contributed by atoms with Crippen LogP contribution < -0.4 is 10.5 Å². The Labute approximate surface area is 123 Å². The SMILES string of the molecule is CCc1ccc(S(=O)(=O)NCc2cccc(N)c2C)s1. The summed E-state index contributed by atoms with van der Waals surface area (Å²) < 4.78 is 27.4. The lowest BCUT2D eigenvalue weighted by atomic mass is 10.1. The first-order valence-corrected chi connectivity index (χ1v) is 8.66. The summed E-state index contributed by atoms with van der Waals surface area (Å²) in [5, 5.41) is 0. The smallest absolute Gasteiger partial charge is 0.250 e. The van der Waals surface area contributed by atoms with Gasteiger partial charge in [0.05, 0.1) is 0 Å². The molecule has 0 bridgehead atoms. The third kappa shape index (κ3) is 3.20. The van der Waals surface area contributed by atoms with Crippen molar-refractivity contribution < 1.29 is 8.42 Å². The molecule has 2 aromatic rings. The molecule has 0 radical (unpaired) electrons.